The molecular formula is C7H10N4O3. The van der Waals surface area contributed by atoms with Crippen LogP contribution >= 0.6 is 0 Å². The molecule has 2 heterocycles. The zero-order chi connectivity index (χ0) is 10.3. The first-order valence-corrected chi connectivity index (χ1v) is 4.01. The largest absolute Gasteiger partial charge is 0.435 e. The quantitative estimate of drug-likeness (QED) is 0.473. The first-order chi connectivity index (χ1) is 6.69. The molecule has 0 atom stereocenters. The van der Waals surface area contributed by atoms with Crippen LogP contribution < -0.4 is 15.5 Å². The second-order valence-electron chi connectivity index (χ2n) is 2.76. The predicted octanol–water partition coefficient (Wildman–Crippen LogP) is 0.188. The summed E-state index contributed by atoms with van der Waals surface area (Å²) in [5.74, 6) is 0.170. The summed E-state index contributed by atoms with van der Waals surface area (Å²) >= 11 is 0. The highest BCUT2D eigenvalue weighted by Crippen LogP contribution is 2.28. The van der Waals surface area contributed by atoms with Crippen molar-refractivity contribution in [1.82, 2.24) is 4.73 Å². The molecule has 0 fully saturated rings. The van der Waals surface area contributed by atoms with E-state index in [0.717, 1.165) is 4.73 Å². The molecule has 0 saturated heterocycles. The third-order valence-electron chi connectivity index (χ3n) is 2.03. The Bertz CT molecular complexity index is 473. The van der Waals surface area contributed by atoms with Gasteiger partial charge in [0.2, 0.25) is 0 Å². The van der Waals surface area contributed by atoms with Crippen LogP contribution in [0.2, 0.25) is 0 Å². The highest BCUT2D eigenvalue weighted by molar-refractivity contribution is 5.93. The van der Waals surface area contributed by atoms with Gasteiger partial charge in [0.15, 0.2) is 5.52 Å². The molecular weight excluding hydrogens is 188 g/mol. The number of nitrogens with zero attached hydrogens (tertiary/aromatic N) is 2. The van der Waals surface area contributed by atoms with Crippen molar-refractivity contribution in [2.24, 2.45) is 0 Å². The van der Waals surface area contributed by atoms with Gasteiger partial charge in [-0.3, -0.25) is 5.32 Å². The Morgan fingerprint density at radius 2 is 2.21 bits per heavy atom. The third kappa shape index (κ3) is 0.889. The lowest BCUT2D eigenvalue weighted by Gasteiger charge is -1.96. The van der Waals surface area contributed by atoms with Gasteiger partial charge in [0.25, 0.3) is 0 Å². The average molecular weight is 198 g/mol. The van der Waals surface area contributed by atoms with Crippen molar-refractivity contribution in [3.8, 4) is 0 Å². The number of rotatable bonds is 2. The summed E-state index contributed by atoms with van der Waals surface area (Å²) in [6.07, 6.45) is 1.43. The Morgan fingerprint density at radius 3 is 2.79 bits per heavy atom. The molecule has 0 radical (unpaired) electrons. The molecule has 0 aliphatic heterocycles. The summed E-state index contributed by atoms with van der Waals surface area (Å²) in [4.78, 5) is 0.318. The van der Waals surface area contributed by atoms with E-state index in [1.807, 2.05) is 0 Å². The molecule has 3 N–H and O–H groups in total. The summed E-state index contributed by atoms with van der Waals surface area (Å²) in [5.41, 5.74) is 1.18. The second-order valence-corrected chi connectivity index (χ2v) is 2.76. The van der Waals surface area contributed by atoms with Gasteiger partial charge in [-0.25, -0.2) is 0 Å². The van der Waals surface area contributed by atoms with Crippen molar-refractivity contribution in [2.45, 2.75) is 0 Å². The highest BCUT2D eigenvalue weighted by atomic mass is 16.7. The van der Waals surface area contributed by atoms with Crippen molar-refractivity contribution in [1.29, 1.82) is 0 Å². The van der Waals surface area contributed by atoms with Gasteiger partial charge in [-0.2, -0.15) is 4.73 Å². The van der Waals surface area contributed by atoms with Crippen LogP contribution in [-0.2, 0) is 0 Å². The maximum atomic E-state index is 11.2. The maximum absolute atomic E-state index is 11.2. The van der Waals surface area contributed by atoms with Crippen LogP contribution in [0, 0.1) is 5.21 Å². The molecule has 0 amide bonds. The standard InChI is InChI=1S/C7H10N4O3/c1-8-4-3-10(12)5-6(4)14-11(13)7(5)9-2/h3,8-9,12H,1-2H3. The van der Waals surface area contributed by atoms with Crippen LogP contribution in [0.5, 0.6) is 0 Å². The molecule has 0 aromatic carbocycles. The summed E-state index contributed by atoms with van der Waals surface area (Å²) in [5, 5.41) is 26.1. The molecule has 2 rings (SSSR count). The lowest BCUT2D eigenvalue weighted by Crippen LogP contribution is -2.26. The van der Waals surface area contributed by atoms with Gasteiger partial charge in [0.05, 0.1) is 18.9 Å². The molecule has 0 unspecified atom stereocenters. The third-order valence-corrected chi connectivity index (χ3v) is 2.03. The lowest BCUT2D eigenvalue weighted by atomic mass is 10.4. The fraction of sp³-hybridized carbons (Fsp3) is 0.286. The zero-order valence-electron chi connectivity index (χ0n) is 7.74. The topological polar surface area (TPSA) is 89.3 Å². The van der Waals surface area contributed by atoms with Crippen molar-refractivity contribution in [2.75, 3.05) is 24.7 Å². The molecule has 0 bridgehead atoms. The Kier molecular flexibility index (Phi) is 1.66. The van der Waals surface area contributed by atoms with Gasteiger partial charge in [-0.15, -0.1) is 0 Å². The van der Waals surface area contributed by atoms with E-state index in [0.29, 0.717) is 21.7 Å². The van der Waals surface area contributed by atoms with Gasteiger partial charge >= 0.3 is 5.82 Å². The number of hydrogen-bond donors (Lipinski definition) is 3. The van der Waals surface area contributed by atoms with Crippen molar-refractivity contribution in [3.63, 3.8) is 0 Å². The van der Waals surface area contributed by atoms with E-state index in [2.05, 4.69) is 10.6 Å². The van der Waals surface area contributed by atoms with E-state index >= 15 is 0 Å². The molecule has 0 saturated carbocycles. The molecule has 7 nitrogen and oxygen atoms in total. The van der Waals surface area contributed by atoms with Crippen LogP contribution in [0.3, 0.4) is 0 Å². The Morgan fingerprint density at radius 1 is 1.50 bits per heavy atom. The Balaban J connectivity index is 2.81. The minimum absolute atomic E-state index is 0.170. The SMILES string of the molecule is CNc1cn(O)c2c(NC)[n+]([O-])oc12. The molecule has 0 spiro atoms. The van der Waals surface area contributed by atoms with Crippen LogP contribution in [-0.4, -0.2) is 24.0 Å². The smallest absolute Gasteiger partial charge is 0.343 e. The fourth-order valence-electron chi connectivity index (χ4n) is 1.39. The van der Waals surface area contributed by atoms with Crippen molar-refractivity contribution >= 4 is 22.6 Å². The minimum atomic E-state index is 0.170. The van der Waals surface area contributed by atoms with Crippen molar-refractivity contribution < 1.29 is 14.6 Å². The minimum Gasteiger partial charge on any atom is -0.435 e. The maximum Gasteiger partial charge on any atom is 0.343 e. The van der Waals surface area contributed by atoms with Crippen molar-refractivity contribution in [3.05, 3.63) is 11.4 Å². The van der Waals surface area contributed by atoms with E-state index in [-0.39, 0.29) is 5.82 Å². The van der Waals surface area contributed by atoms with Gasteiger partial charge in [0, 0.05) is 7.05 Å². The Hall–Kier alpha value is -2.05. The zero-order valence-corrected chi connectivity index (χ0v) is 7.74. The monoisotopic (exact) mass is 198 g/mol. The lowest BCUT2D eigenvalue weighted by molar-refractivity contribution is -0.776. The highest BCUT2D eigenvalue weighted by Gasteiger charge is 2.20. The normalized spacial score (nSPS) is 10.7. The van der Waals surface area contributed by atoms with Crippen LogP contribution in [0.25, 0.3) is 11.1 Å². The van der Waals surface area contributed by atoms with Crippen LogP contribution in [0.1, 0.15) is 0 Å². The number of anilines is 2. The van der Waals surface area contributed by atoms with Gasteiger partial charge in [0.1, 0.15) is 5.58 Å². The van der Waals surface area contributed by atoms with E-state index in [4.69, 9.17) is 4.52 Å². The predicted molar refractivity (Wildman–Crippen MR) is 49.4 cm³/mol. The molecule has 2 aromatic rings. The van der Waals surface area contributed by atoms with Gasteiger partial charge < -0.3 is 20.3 Å². The molecule has 0 aliphatic rings. The van der Waals surface area contributed by atoms with Crippen LogP contribution in [0.15, 0.2) is 10.7 Å². The van der Waals surface area contributed by atoms with E-state index < -0.39 is 0 Å². The Labute approximate surface area is 79.0 Å². The first kappa shape index (κ1) is 8.54. The summed E-state index contributed by atoms with van der Waals surface area (Å²) in [7, 11) is 3.25. The average Bonchev–Trinajstić information content (AvgIpc) is 2.63. The number of fused-ring (bicyclic) bond motifs is 1. The number of nitrogens with one attached hydrogen (secondary N) is 2. The fourth-order valence-corrected chi connectivity index (χ4v) is 1.39. The molecule has 76 valence electrons. The molecule has 2 aromatic heterocycles. The first-order valence-electron chi connectivity index (χ1n) is 4.01. The van der Waals surface area contributed by atoms with Gasteiger partial charge in [-0.1, -0.05) is 0 Å². The molecule has 7 heteroatoms. The number of aromatic nitrogens is 2. The van der Waals surface area contributed by atoms with E-state index in [1.165, 1.54) is 6.20 Å². The number of hydrogen-bond acceptors (Lipinski definition) is 5. The summed E-state index contributed by atoms with van der Waals surface area (Å²) in [6, 6.07) is 0. The molecule has 14 heavy (non-hydrogen) atoms. The summed E-state index contributed by atoms with van der Waals surface area (Å²) < 4.78 is 5.73. The van der Waals surface area contributed by atoms with E-state index in [1.54, 1.807) is 14.1 Å². The summed E-state index contributed by atoms with van der Waals surface area (Å²) in [6.45, 7) is 0. The van der Waals surface area contributed by atoms with E-state index in [9.17, 15) is 10.4 Å². The van der Waals surface area contributed by atoms with Gasteiger partial charge in [-0.05, 0) is 4.90 Å². The second kappa shape index (κ2) is 2.72. The molecule has 0 aliphatic carbocycles. The van der Waals surface area contributed by atoms with Crippen LogP contribution in [0.4, 0.5) is 11.5 Å².